The van der Waals surface area contributed by atoms with Crippen LogP contribution in [-0.4, -0.2) is 26.2 Å². The zero-order chi connectivity index (χ0) is 12.5. The number of sulfone groups is 1. The van der Waals surface area contributed by atoms with Gasteiger partial charge in [-0.15, -0.1) is 0 Å². The van der Waals surface area contributed by atoms with Crippen LogP contribution in [0.5, 0.6) is 0 Å². The molecule has 0 N–H and O–H groups in total. The topological polar surface area (TPSA) is 51.2 Å². The lowest BCUT2D eigenvalue weighted by Gasteiger charge is -2.04. The molecule has 0 heterocycles. The second-order valence-electron chi connectivity index (χ2n) is 4.74. The first-order valence-corrected chi connectivity index (χ1v) is 7.80. The van der Waals surface area contributed by atoms with E-state index in [1.807, 2.05) is 12.1 Å². The van der Waals surface area contributed by atoms with Gasteiger partial charge in [0.2, 0.25) is 0 Å². The highest BCUT2D eigenvalue weighted by atomic mass is 32.2. The molecule has 2 rings (SSSR count). The first-order chi connectivity index (χ1) is 7.94. The normalized spacial score (nSPS) is 14.6. The van der Waals surface area contributed by atoms with E-state index < -0.39 is 9.84 Å². The van der Waals surface area contributed by atoms with Crippen LogP contribution in [0.4, 0.5) is 0 Å². The van der Waals surface area contributed by atoms with E-state index in [1.165, 1.54) is 17.5 Å². The van der Waals surface area contributed by atoms with Gasteiger partial charge in [-0.05, 0) is 36.0 Å². The van der Waals surface area contributed by atoms with E-state index in [0.717, 1.165) is 24.7 Å². The standard InChI is InChI=1S/C13H16O3S/c1-17(15,16)9-13(14)8-10-5-6-11-3-2-4-12(11)7-10/h5-7H,2-4,8-9H2,1H3. The van der Waals surface area contributed by atoms with Crippen LogP contribution in [0.1, 0.15) is 23.1 Å². The Morgan fingerprint density at radius 3 is 2.65 bits per heavy atom. The fraction of sp³-hybridized carbons (Fsp3) is 0.462. The zero-order valence-electron chi connectivity index (χ0n) is 9.90. The lowest BCUT2D eigenvalue weighted by atomic mass is 10.0. The number of fused-ring (bicyclic) bond motifs is 1. The third-order valence-corrected chi connectivity index (χ3v) is 3.83. The predicted molar refractivity (Wildman–Crippen MR) is 66.9 cm³/mol. The van der Waals surface area contributed by atoms with Crippen molar-refractivity contribution in [3.8, 4) is 0 Å². The van der Waals surface area contributed by atoms with E-state index in [1.54, 1.807) is 0 Å². The van der Waals surface area contributed by atoms with E-state index in [4.69, 9.17) is 0 Å². The Labute approximate surface area is 102 Å². The van der Waals surface area contributed by atoms with Crippen molar-refractivity contribution in [2.45, 2.75) is 25.7 Å². The van der Waals surface area contributed by atoms with E-state index in [-0.39, 0.29) is 18.0 Å². The summed E-state index contributed by atoms with van der Waals surface area (Å²) >= 11 is 0. The lowest BCUT2D eigenvalue weighted by molar-refractivity contribution is -0.116. The van der Waals surface area contributed by atoms with E-state index in [9.17, 15) is 13.2 Å². The number of carbonyl (C=O) groups excluding carboxylic acids is 1. The van der Waals surface area contributed by atoms with Crippen LogP contribution >= 0.6 is 0 Å². The molecule has 0 bridgehead atoms. The molecule has 0 unspecified atom stereocenters. The molecule has 1 aliphatic rings. The van der Waals surface area contributed by atoms with Crippen molar-refractivity contribution >= 4 is 15.6 Å². The van der Waals surface area contributed by atoms with Gasteiger partial charge in [0.05, 0.1) is 0 Å². The number of ketones is 1. The Bertz CT molecular complexity index is 544. The molecule has 17 heavy (non-hydrogen) atoms. The Morgan fingerprint density at radius 1 is 1.24 bits per heavy atom. The number of aryl methyl sites for hydroxylation is 2. The number of Topliss-reactive ketones (excluding diaryl/α,β-unsaturated/α-hetero) is 1. The predicted octanol–water partition coefficient (Wildman–Crippen LogP) is 1.33. The molecule has 1 aromatic carbocycles. The van der Waals surface area contributed by atoms with Crippen molar-refractivity contribution in [2.75, 3.05) is 12.0 Å². The minimum atomic E-state index is -3.20. The van der Waals surface area contributed by atoms with Crippen LogP contribution in [0.15, 0.2) is 18.2 Å². The molecule has 1 aromatic rings. The van der Waals surface area contributed by atoms with E-state index in [0.29, 0.717) is 0 Å². The number of hydrogen-bond donors (Lipinski definition) is 0. The van der Waals surface area contributed by atoms with Gasteiger partial charge < -0.3 is 0 Å². The van der Waals surface area contributed by atoms with Gasteiger partial charge in [0.15, 0.2) is 15.6 Å². The van der Waals surface area contributed by atoms with Gasteiger partial charge >= 0.3 is 0 Å². The first-order valence-electron chi connectivity index (χ1n) is 5.74. The first kappa shape index (κ1) is 12.3. The molecular weight excluding hydrogens is 236 g/mol. The summed E-state index contributed by atoms with van der Waals surface area (Å²) in [5.74, 6) is -0.588. The molecule has 92 valence electrons. The third kappa shape index (κ3) is 3.40. The van der Waals surface area contributed by atoms with Crippen molar-refractivity contribution in [3.05, 3.63) is 34.9 Å². The van der Waals surface area contributed by atoms with Crippen LogP contribution in [0, 0.1) is 0 Å². The molecule has 0 spiro atoms. The molecule has 0 fully saturated rings. The highest BCUT2D eigenvalue weighted by Gasteiger charge is 2.14. The molecule has 0 aliphatic heterocycles. The van der Waals surface area contributed by atoms with Gasteiger partial charge in [0, 0.05) is 12.7 Å². The summed E-state index contributed by atoms with van der Waals surface area (Å²) < 4.78 is 22.0. The van der Waals surface area contributed by atoms with Gasteiger partial charge in [-0.2, -0.15) is 0 Å². The largest absolute Gasteiger partial charge is 0.298 e. The van der Waals surface area contributed by atoms with Gasteiger partial charge in [-0.3, -0.25) is 4.79 Å². The number of rotatable bonds is 4. The maximum Gasteiger partial charge on any atom is 0.154 e. The van der Waals surface area contributed by atoms with Crippen LogP contribution in [-0.2, 0) is 33.9 Å². The second-order valence-corrected chi connectivity index (χ2v) is 6.88. The molecule has 4 heteroatoms. The van der Waals surface area contributed by atoms with Crippen LogP contribution in [0.2, 0.25) is 0 Å². The van der Waals surface area contributed by atoms with Crippen molar-refractivity contribution in [3.63, 3.8) is 0 Å². The zero-order valence-corrected chi connectivity index (χ0v) is 10.7. The van der Waals surface area contributed by atoms with Gasteiger partial charge in [-0.1, -0.05) is 18.2 Å². The summed E-state index contributed by atoms with van der Waals surface area (Å²) in [4.78, 5) is 11.5. The van der Waals surface area contributed by atoms with Crippen molar-refractivity contribution in [1.29, 1.82) is 0 Å². The highest BCUT2D eigenvalue weighted by molar-refractivity contribution is 7.91. The quantitative estimate of drug-likeness (QED) is 0.812. The average molecular weight is 252 g/mol. The highest BCUT2D eigenvalue weighted by Crippen LogP contribution is 2.23. The Balaban J connectivity index is 2.07. The van der Waals surface area contributed by atoms with Crippen LogP contribution in [0.25, 0.3) is 0 Å². The summed E-state index contributed by atoms with van der Waals surface area (Å²) in [7, 11) is -3.20. The molecule has 0 radical (unpaired) electrons. The van der Waals surface area contributed by atoms with Crippen LogP contribution in [0.3, 0.4) is 0 Å². The van der Waals surface area contributed by atoms with E-state index in [2.05, 4.69) is 6.07 Å². The Kier molecular flexibility index (Phi) is 3.33. The van der Waals surface area contributed by atoms with Crippen molar-refractivity contribution in [2.24, 2.45) is 0 Å². The minimum absolute atomic E-state index is 0.223. The molecule has 0 amide bonds. The Hall–Kier alpha value is -1.16. The number of hydrogen-bond acceptors (Lipinski definition) is 3. The summed E-state index contributed by atoms with van der Waals surface area (Å²) in [5.41, 5.74) is 3.61. The fourth-order valence-corrected chi connectivity index (χ4v) is 2.99. The number of carbonyl (C=O) groups is 1. The van der Waals surface area contributed by atoms with Crippen molar-refractivity contribution in [1.82, 2.24) is 0 Å². The SMILES string of the molecule is CS(=O)(=O)CC(=O)Cc1ccc2c(c1)CCC2. The van der Waals surface area contributed by atoms with Crippen molar-refractivity contribution < 1.29 is 13.2 Å². The summed E-state index contributed by atoms with van der Waals surface area (Å²) in [6, 6.07) is 6.04. The van der Waals surface area contributed by atoms with Gasteiger partial charge in [0.1, 0.15) is 5.75 Å². The molecule has 3 nitrogen and oxygen atoms in total. The smallest absolute Gasteiger partial charge is 0.154 e. The Morgan fingerprint density at radius 2 is 1.94 bits per heavy atom. The van der Waals surface area contributed by atoms with Gasteiger partial charge in [-0.25, -0.2) is 8.42 Å². The molecule has 0 aromatic heterocycles. The second kappa shape index (κ2) is 4.61. The fourth-order valence-electron chi connectivity index (χ4n) is 2.31. The molecular formula is C13H16O3S. The minimum Gasteiger partial charge on any atom is -0.298 e. The maximum absolute atomic E-state index is 11.5. The summed E-state index contributed by atoms with van der Waals surface area (Å²) in [5, 5.41) is 0. The summed E-state index contributed by atoms with van der Waals surface area (Å²) in [6.45, 7) is 0. The molecule has 0 saturated heterocycles. The van der Waals surface area contributed by atoms with E-state index >= 15 is 0 Å². The van der Waals surface area contributed by atoms with Gasteiger partial charge in [0.25, 0.3) is 0 Å². The lowest BCUT2D eigenvalue weighted by Crippen LogP contribution is -2.16. The monoisotopic (exact) mass is 252 g/mol. The maximum atomic E-state index is 11.5. The van der Waals surface area contributed by atoms with Crippen LogP contribution < -0.4 is 0 Å². The third-order valence-electron chi connectivity index (χ3n) is 2.99. The molecule has 1 aliphatic carbocycles. The molecule has 0 atom stereocenters. The summed E-state index contributed by atoms with van der Waals surface area (Å²) in [6.07, 6.45) is 4.68. The number of benzene rings is 1. The molecule has 0 saturated carbocycles. The average Bonchev–Trinajstić information content (AvgIpc) is 2.61.